The molecule has 1 aliphatic rings. The number of benzene rings is 2. The average Bonchev–Trinajstić information content (AvgIpc) is 3.36. The van der Waals surface area contributed by atoms with Crippen LogP contribution in [0.25, 0.3) is 22.6 Å². The summed E-state index contributed by atoms with van der Waals surface area (Å²) in [6.07, 6.45) is 4.57. The van der Waals surface area contributed by atoms with Crippen molar-refractivity contribution in [1.29, 1.82) is 0 Å². The maximum absolute atomic E-state index is 11.2. The fourth-order valence-corrected chi connectivity index (χ4v) is 4.71. The van der Waals surface area contributed by atoms with Gasteiger partial charge in [0.1, 0.15) is 24.0 Å². The van der Waals surface area contributed by atoms with Gasteiger partial charge in [0.2, 0.25) is 5.89 Å². The van der Waals surface area contributed by atoms with Crippen LogP contribution >= 0.6 is 0 Å². The molecule has 0 amide bonds. The van der Waals surface area contributed by atoms with Crippen molar-refractivity contribution in [3.8, 4) is 17.2 Å². The molecule has 1 fully saturated rings. The number of aryl methyl sites for hydroxylation is 1. The molecule has 152 valence electrons. The van der Waals surface area contributed by atoms with Crippen LogP contribution < -0.4 is 4.74 Å². The third kappa shape index (κ3) is 2.73. The van der Waals surface area contributed by atoms with Crippen molar-refractivity contribution in [3.63, 3.8) is 0 Å². The van der Waals surface area contributed by atoms with Gasteiger partial charge in [-0.15, -0.1) is 10.2 Å². The van der Waals surface area contributed by atoms with Crippen molar-refractivity contribution in [1.82, 2.24) is 19.7 Å². The van der Waals surface area contributed by atoms with E-state index in [9.17, 15) is 4.79 Å². The zero-order chi connectivity index (χ0) is 20.9. The second-order valence-corrected chi connectivity index (χ2v) is 8.15. The number of carbonyl (C=O) groups is 1. The molecule has 0 radical (unpaired) electrons. The Hall–Kier alpha value is -3.48. The van der Waals surface area contributed by atoms with Gasteiger partial charge in [0, 0.05) is 18.2 Å². The van der Waals surface area contributed by atoms with E-state index in [-0.39, 0.29) is 5.41 Å². The predicted octanol–water partition coefficient (Wildman–Crippen LogP) is 4.16. The van der Waals surface area contributed by atoms with Crippen molar-refractivity contribution in [2.24, 2.45) is 13.0 Å². The van der Waals surface area contributed by atoms with E-state index in [0.29, 0.717) is 34.2 Å². The van der Waals surface area contributed by atoms with Crippen molar-refractivity contribution in [2.45, 2.75) is 25.2 Å². The highest BCUT2D eigenvalue weighted by atomic mass is 16.5. The van der Waals surface area contributed by atoms with E-state index in [1.54, 1.807) is 25.6 Å². The summed E-state index contributed by atoms with van der Waals surface area (Å²) in [7, 11) is 3.54. The number of carbonyl (C=O) groups excluding carboxylic acids is 1. The number of fused-ring (bicyclic) bond motifs is 1. The van der Waals surface area contributed by atoms with Gasteiger partial charge in [-0.05, 0) is 48.6 Å². The average molecular weight is 402 g/mol. The minimum Gasteiger partial charge on any atom is -0.493 e. The van der Waals surface area contributed by atoms with Crippen LogP contribution in [0.4, 0.5) is 0 Å². The van der Waals surface area contributed by atoms with Crippen LogP contribution in [0.3, 0.4) is 0 Å². The summed E-state index contributed by atoms with van der Waals surface area (Å²) in [5, 5.41) is 8.53. The van der Waals surface area contributed by atoms with Crippen molar-refractivity contribution in [2.75, 3.05) is 7.11 Å². The number of ether oxygens (including phenoxy) is 1. The summed E-state index contributed by atoms with van der Waals surface area (Å²) in [5.74, 6) is 2.59. The van der Waals surface area contributed by atoms with Gasteiger partial charge in [0.25, 0.3) is 0 Å². The lowest BCUT2D eigenvalue weighted by molar-refractivity contribution is 0.112. The number of oxazole rings is 1. The summed E-state index contributed by atoms with van der Waals surface area (Å²) in [6, 6.07) is 11.6. The molecule has 0 spiro atoms. The van der Waals surface area contributed by atoms with Crippen molar-refractivity contribution < 1.29 is 13.9 Å². The van der Waals surface area contributed by atoms with Gasteiger partial charge in [-0.2, -0.15) is 0 Å². The quantitative estimate of drug-likeness (QED) is 0.466. The first-order valence-corrected chi connectivity index (χ1v) is 9.93. The maximum atomic E-state index is 11.2. The van der Waals surface area contributed by atoms with E-state index in [1.807, 2.05) is 23.7 Å². The third-order valence-electron chi connectivity index (χ3n) is 6.03. The number of aromatic nitrogens is 4. The number of hydrogen-bond donors (Lipinski definition) is 0. The first-order valence-electron chi connectivity index (χ1n) is 9.93. The van der Waals surface area contributed by atoms with Gasteiger partial charge in [-0.3, -0.25) is 4.79 Å². The summed E-state index contributed by atoms with van der Waals surface area (Å²) in [6.45, 7) is 2.26. The molecule has 2 aromatic heterocycles. The summed E-state index contributed by atoms with van der Waals surface area (Å²) in [5.41, 5.74) is 3.52. The molecule has 2 aromatic carbocycles. The van der Waals surface area contributed by atoms with Crippen molar-refractivity contribution >= 4 is 17.4 Å². The molecule has 4 aromatic rings. The Labute approximate surface area is 173 Å². The van der Waals surface area contributed by atoms with E-state index >= 15 is 0 Å². The smallest absolute Gasteiger partial charge is 0.227 e. The van der Waals surface area contributed by atoms with Gasteiger partial charge in [-0.25, -0.2) is 4.98 Å². The molecule has 7 heteroatoms. The molecular weight excluding hydrogens is 380 g/mol. The second kappa shape index (κ2) is 6.79. The van der Waals surface area contributed by atoms with Gasteiger partial charge >= 0.3 is 0 Å². The summed E-state index contributed by atoms with van der Waals surface area (Å²) < 4.78 is 13.4. The molecule has 0 atom stereocenters. The first-order chi connectivity index (χ1) is 14.5. The Bertz CT molecular complexity index is 1250. The molecular formula is C23H22N4O3. The summed E-state index contributed by atoms with van der Waals surface area (Å²) in [4.78, 5) is 15.9. The largest absolute Gasteiger partial charge is 0.493 e. The molecule has 0 bridgehead atoms. The summed E-state index contributed by atoms with van der Waals surface area (Å²) >= 11 is 0. The Balaban J connectivity index is 1.62. The third-order valence-corrected chi connectivity index (χ3v) is 6.03. The molecule has 5 rings (SSSR count). The highest BCUT2D eigenvalue weighted by Gasteiger charge is 2.48. The number of nitrogens with zero attached hydrogens (tertiary/aromatic N) is 4. The van der Waals surface area contributed by atoms with Gasteiger partial charge < -0.3 is 13.7 Å². The van der Waals surface area contributed by atoms with Crippen molar-refractivity contribution in [3.05, 3.63) is 59.7 Å². The molecule has 0 unspecified atom stereocenters. The molecule has 30 heavy (non-hydrogen) atoms. The minimum absolute atomic E-state index is 0.158. The molecule has 7 nitrogen and oxygen atoms in total. The fraction of sp³-hybridized carbons (Fsp3) is 0.304. The van der Waals surface area contributed by atoms with Crippen LogP contribution in [0.5, 0.6) is 5.75 Å². The molecule has 0 N–H and O–H groups in total. The number of methoxy groups -OCH3 is 1. The predicted molar refractivity (Wildman–Crippen MR) is 112 cm³/mol. The van der Waals surface area contributed by atoms with Crippen LogP contribution in [0.2, 0.25) is 0 Å². The second-order valence-electron chi connectivity index (χ2n) is 8.15. The number of aldehydes is 1. The molecule has 0 saturated heterocycles. The number of hydrogen-bond acceptors (Lipinski definition) is 6. The molecule has 2 heterocycles. The standard InChI is InChI=1S/C23H22N4O3/c1-14-10-23(11-14,22-26-24-13-27(22)2)17-6-4-5-16(9-17)21-25-18-7-15(12-28)8-19(29-3)20(18)30-21/h4-9,12-14H,10-11H2,1-3H3. The van der Waals surface area contributed by atoms with E-state index in [1.165, 1.54) is 5.56 Å². The Morgan fingerprint density at radius 2 is 2.10 bits per heavy atom. The number of rotatable bonds is 5. The van der Waals surface area contributed by atoms with E-state index in [0.717, 1.165) is 30.5 Å². The van der Waals surface area contributed by atoms with E-state index in [2.05, 4.69) is 34.2 Å². The Morgan fingerprint density at radius 1 is 1.27 bits per heavy atom. The van der Waals surface area contributed by atoms with Gasteiger partial charge in [0.15, 0.2) is 11.3 Å². The highest BCUT2D eigenvalue weighted by molar-refractivity contribution is 5.89. The lowest BCUT2D eigenvalue weighted by Crippen LogP contribution is -2.43. The maximum Gasteiger partial charge on any atom is 0.227 e. The van der Waals surface area contributed by atoms with Crippen LogP contribution in [0.1, 0.15) is 41.5 Å². The van der Waals surface area contributed by atoms with E-state index in [4.69, 9.17) is 9.15 Å². The molecule has 1 saturated carbocycles. The van der Waals surface area contributed by atoms with E-state index < -0.39 is 0 Å². The molecule has 0 aliphatic heterocycles. The zero-order valence-corrected chi connectivity index (χ0v) is 17.1. The monoisotopic (exact) mass is 402 g/mol. The van der Waals surface area contributed by atoms with Gasteiger partial charge in [0.05, 0.1) is 12.5 Å². The van der Waals surface area contributed by atoms with Crippen LogP contribution in [0, 0.1) is 5.92 Å². The van der Waals surface area contributed by atoms with Crippen LogP contribution in [-0.2, 0) is 12.5 Å². The fourth-order valence-electron chi connectivity index (χ4n) is 4.71. The SMILES string of the molecule is COc1cc(C=O)cc2nc(-c3cccc(C4(c5nncn5C)CC(C)C4)c3)oc12. The van der Waals surface area contributed by atoms with Crippen LogP contribution in [0.15, 0.2) is 47.1 Å². The normalized spacial score (nSPS) is 20.8. The highest BCUT2D eigenvalue weighted by Crippen LogP contribution is 2.51. The van der Waals surface area contributed by atoms with Crippen LogP contribution in [-0.4, -0.2) is 33.1 Å². The lowest BCUT2D eigenvalue weighted by atomic mass is 9.58. The minimum atomic E-state index is -0.158. The Morgan fingerprint density at radius 3 is 2.77 bits per heavy atom. The lowest BCUT2D eigenvalue weighted by Gasteiger charge is -2.46. The van der Waals surface area contributed by atoms with Gasteiger partial charge in [-0.1, -0.05) is 19.1 Å². The zero-order valence-electron chi connectivity index (χ0n) is 17.1. The first kappa shape index (κ1) is 18.5. The Kier molecular flexibility index (Phi) is 4.20. The topological polar surface area (TPSA) is 83.0 Å². The molecule has 1 aliphatic carbocycles.